The van der Waals surface area contributed by atoms with Crippen molar-refractivity contribution in [2.45, 2.75) is 19.1 Å². The van der Waals surface area contributed by atoms with Gasteiger partial charge in [-0.1, -0.05) is 47.7 Å². The molecule has 0 bridgehead atoms. The average Bonchev–Trinajstić information content (AvgIpc) is 3.28. The Bertz CT molecular complexity index is 1230. The number of amides is 2. The molecule has 2 aromatic carbocycles. The summed E-state index contributed by atoms with van der Waals surface area (Å²) in [5.74, 6) is -0.556. The van der Waals surface area contributed by atoms with Gasteiger partial charge in [0.2, 0.25) is 11.8 Å². The number of hydrogen-bond acceptors (Lipinski definition) is 6. The van der Waals surface area contributed by atoms with E-state index in [1.807, 2.05) is 54.6 Å². The Kier molecular flexibility index (Phi) is 7.56. The Balaban J connectivity index is 1.69. The van der Waals surface area contributed by atoms with Gasteiger partial charge in [-0.2, -0.15) is 0 Å². The number of hydrogen-bond donors (Lipinski definition) is 1. The molecule has 0 unspecified atom stereocenters. The van der Waals surface area contributed by atoms with Crippen LogP contribution in [0.15, 0.2) is 79.1 Å². The second-order valence-electron chi connectivity index (χ2n) is 7.71. The number of carbonyl (C=O) groups is 2. The number of ether oxygens (including phenoxy) is 1. The Morgan fingerprint density at radius 2 is 1.76 bits per heavy atom. The van der Waals surface area contributed by atoms with E-state index in [0.717, 1.165) is 11.1 Å². The Morgan fingerprint density at radius 3 is 2.53 bits per heavy atom. The lowest BCUT2D eigenvalue weighted by Gasteiger charge is -2.31. The molecule has 0 saturated carbocycles. The van der Waals surface area contributed by atoms with Crippen molar-refractivity contribution in [3.63, 3.8) is 0 Å². The van der Waals surface area contributed by atoms with Crippen LogP contribution in [0.25, 0.3) is 11.0 Å². The van der Waals surface area contributed by atoms with Gasteiger partial charge >= 0.3 is 0 Å². The molecule has 0 spiro atoms. The fourth-order valence-electron chi connectivity index (χ4n) is 3.75. The highest BCUT2D eigenvalue weighted by molar-refractivity contribution is 5.89. The molecule has 9 heteroatoms. The van der Waals surface area contributed by atoms with Crippen molar-refractivity contribution in [3.8, 4) is 0 Å². The fourth-order valence-corrected chi connectivity index (χ4v) is 3.75. The third-order valence-corrected chi connectivity index (χ3v) is 5.41. The summed E-state index contributed by atoms with van der Waals surface area (Å²) in [6, 6.07) is 19.7. The molecular weight excluding hydrogens is 432 g/mol. The standard InChI is InChI=1S/C25H26N6O3/c1-34-16-15-27-25(33)24(20-11-13-26-14-12-20)30(17-19-7-3-2-4-8-19)23(32)18-31-22-10-6-5-9-21(22)28-29-31/h2-14,24H,15-18H2,1H3,(H,27,33)/t24-/m1/s1. The van der Waals surface area contributed by atoms with E-state index in [1.165, 1.54) is 0 Å². The van der Waals surface area contributed by atoms with Crippen LogP contribution in [-0.2, 0) is 27.4 Å². The Hall–Kier alpha value is -4.11. The molecule has 0 aliphatic rings. The highest BCUT2D eigenvalue weighted by atomic mass is 16.5. The summed E-state index contributed by atoms with van der Waals surface area (Å²) in [6.07, 6.45) is 3.22. The lowest BCUT2D eigenvalue weighted by atomic mass is 10.0. The van der Waals surface area contributed by atoms with Gasteiger partial charge in [0.05, 0.1) is 12.1 Å². The van der Waals surface area contributed by atoms with E-state index in [2.05, 4.69) is 20.6 Å². The van der Waals surface area contributed by atoms with Gasteiger partial charge in [0.15, 0.2) is 0 Å². The maximum Gasteiger partial charge on any atom is 0.247 e. The molecule has 34 heavy (non-hydrogen) atoms. The van der Waals surface area contributed by atoms with Gasteiger partial charge in [-0.15, -0.1) is 5.10 Å². The second-order valence-corrected chi connectivity index (χ2v) is 7.71. The molecule has 0 fully saturated rings. The molecule has 2 aromatic heterocycles. The monoisotopic (exact) mass is 458 g/mol. The number of para-hydroxylation sites is 1. The third-order valence-electron chi connectivity index (χ3n) is 5.41. The van der Waals surface area contributed by atoms with E-state index in [1.54, 1.807) is 41.2 Å². The van der Waals surface area contributed by atoms with Crippen LogP contribution in [0.2, 0.25) is 0 Å². The first-order valence-electron chi connectivity index (χ1n) is 11.0. The molecule has 174 valence electrons. The minimum atomic E-state index is -0.859. The van der Waals surface area contributed by atoms with Crippen LogP contribution in [0.3, 0.4) is 0 Å². The van der Waals surface area contributed by atoms with Crippen molar-refractivity contribution in [3.05, 3.63) is 90.3 Å². The summed E-state index contributed by atoms with van der Waals surface area (Å²) >= 11 is 0. The molecule has 1 N–H and O–H groups in total. The number of carbonyl (C=O) groups excluding carboxylic acids is 2. The van der Waals surface area contributed by atoms with Crippen molar-refractivity contribution < 1.29 is 14.3 Å². The largest absolute Gasteiger partial charge is 0.383 e. The molecule has 4 aromatic rings. The third kappa shape index (κ3) is 5.44. The number of nitrogens with zero attached hydrogens (tertiary/aromatic N) is 5. The zero-order chi connectivity index (χ0) is 23.8. The molecule has 0 saturated heterocycles. The van der Waals surface area contributed by atoms with Crippen LogP contribution in [-0.4, -0.2) is 57.0 Å². The minimum absolute atomic E-state index is 0.0553. The summed E-state index contributed by atoms with van der Waals surface area (Å²) < 4.78 is 6.63. The number of aromatic nitrogens is 4. The quantitative estimate of drug-likeness (QED) is 0.366. The van der Waals surface area contributed by atoms with Crippen LogP contribution >= 0.6 is 0 Å². The van der Waals surface area contributed by atoms with Gasteiger partial charge in [0.1, 0.15) is 18.1 Å². The van der Waals surface area contributed by atoms with Gasteiger partial charge in [0, 0.05) is 32.6 Å². The van der Waals surface area contributed by atoms with Crippen molar-refractivity contribution in [2.24, 2.45) is 0 Å². The first kappa shape index (κ1) is 23.1. The van der Waals surface area contributed by atoms with E-state index in [9.17, 15) is 9.59 Å². The molecule has 1 atom stereocenters. The van der Waals surface area contributed by atoms with E-state index in [4.69, 9.17) is 4.74 Å². The zero-order valence-electron chi connectivity index (χ0n) is 18.9. The van der Waals surface area contributed by atoms with Gasteiger partial charge in [-0.3, -0.25) is 14.6 Å². The van der Waals surface area contributed by atoms with Gasteiger partial charge in [0.25, 0.3) is 0 Å². The number of nitrogens with one attached hydrogen (secondary N) is 1. The normalized spacial score (nSPS) is 11.8. The van der Waals surface area contributed by atoms with Gasteiger partial charge < -0.3 is 15.0 Å². The molecule has 4 rings (SSSR count). The van der Waals surface area contributed by atoms with E-state index in [0.29, 0.717) is 24.2 Å². The molecule has 2 heterocycles. The van der Waals surface area contributed by atoms with Gasteiger partial charge in [-0.05, 0) is 35.4 Å². The van der Waals surface area contributed by atoms with E-state index in [-0.39, 0.29) is 24.9 Å². The van der Waals surface area contributed by atoms with Crippen LogP contribution in [0.4, 0.5) is 0 Å². The Morgan fingerprint density at radius 1 is 1.03 bits per heavy atom. The number of pyridine rings is 1. The molecular formula is C25H26N6O3. The predicted molar refractivity (Wildman–Crippen MR) is 126 cm³/mol. The van der Waals surface area contributed by atoms with Crippen LogP contribution in [0, 0.1) is 0 Å². The van der Waals surface area contributed by atoms with Crippen molar-refractivity contribution >= 4 is 22.8 Å². The lowest BCUT2D eigenvalue weighted by molar-refractivity contribution is -0.142. The minimum Gasteiger partial charge on any atom is -0.383 e. The first-order chi connectivity index (χ1) is 16.7. The maximum atomic E-state index is 13.7. The molecule has 0 aliphatic heterocycles. The molecule has 2 amide bonds. The predicted octanol–water partition coefficient (Wildman–Crippen LogP) is 2.36. The summed E-state index contributed by atoms with van der Waals surface area (Å²) in [7, 11) is 1.57. The van der Waals surface area contributed by atoms with Crippen LogP contribution in [0.1, 0.15) is 17.2 Å². The fraction of sp³-hybridized carbons (Fsp3) is 0.240. The number of benzene rings is 2. The second kappa shape index (κ2) is 11.2. The topological polar surface area (TPSA) is 102 Å². The van der Waals surface area contributed by atoms with Gasteiger partial charge in [-0.25, -0.2) is 4.68 Å². The SMILES string of the molecule is COCCNC(=O)[C@@H](c1ccncc1)N(Cc1ccccc1)C(=O)Cn1nnc2ccccc21. The molecule has 9 nitrogen and oxygen atoms in total. The summed E-state index contributed by atoms with van der Waals surface area (Å²) in [6.45, 7) is 0.891. The van der Waals surface area contributed by atoms with Crippen molar-refractivity contribution in [1.82, 2.24) is 30.2 Å². The highest BCUT2D eigenvalue weighted by Gasteiger charge is 2.32. The Labute approximate surface area is 197 Å². The first-order valence-corrected chi connectivity index (χ1v) is 11.0. The van der Waals surface area contributed by atoms with Crippen LogP contribution in [0.5, 0.6) is 0 Å². The lowest BCUT2D eigenvalue weighted by Crippen LogP contribution is -2.45. The average molecular weight is 459 g/mol. The summed E-state index contributed by atoms with van der Waals surface area (Å²) in [5, 5.41) is 11.2. The van der Waals surface area contributed by atoms with E-state index >= 15 is 0 Å². The highest BCUT2D eigenvalue weighted by Crippen LogP contribution is 2.24. The summed E-state index contributed by atoms with van der Waals surface area (Å²) in [4.78, 5) is 32.7. The van der Waals surface area contributed by atoms with E-state index < -0.39 is 6.04 Å². The number of fused-ring (bicyclic) bond motifs is 1. The number of rotatable bonds is 10. The summed E-state index contributed by atoms with van der Waals surface area (Å²) in [5.41, 5.74) is 3.02. The number of methoxy groups -OCH3 is 1. The smallest absolute Gasteiger partial charge is 0.247 e. The molecule has 0 aliphatic carbocycles. The van der Waals surface area contributed by atoms with Crippen LogP contribution < -0.4 is 5.32 Å². The zero-order valence-corrected chi connectivity index (χ0v) is 18.9. The maximum absolute atomic E-state index is 13.7. The van der Waals surface area contributed by atoms with Crippen molar-refractivity contribution in [2.75, 3.05) is 20.3 Å². The van der Waals surface area contributed by atoms with Crippen molar-refractivity contribution in [1.29, 1.82) is 0 Å². The molecule has 0 radical (unpaired) electrons.